The van der Waals surface area contributed by atoms with Gasteiger partial charge in [-0.25, -0.2) is 13.6 Å². The van der Waals surface area contributed by atoms with Crippen LogP contribution in [0.4, 0.5) is 0 Å². The highest BCUT2D eigenvalue weighted by Gasteiger charge is 2.13. The molecule has 4 nitrogen and oxygen atoms in total. The predicted molar refractivity (Wildman–Crippen MR) is 36.2 cm³/mol. The van der Waals surface area contributed by atoms with E-state index in [2.05, 4.69) is 11.9 Å². The zero-order valence-electron chi connectivity index (χ0n) is 5.16. The molecule has 0 saturated carbocycles. The standard InChI is InChI=1S/C4H10N2O2S/c1-3-4(6-2)9(5,7)8/h3-4,6H,1H2,2H3,(H2,5,7,8). The second-order valence-electron chi connectivity index (χ2n) is 1.53. The largest absolute Gasteiger partial charge is 0.300 e. The van der Waals surface area contributed by atoms with E-state index in [1.807, 2.05) is 0 Å². The number of nitrogens with one attached hydrogen (secondary N) is 1. The van der Waals surface area contributed by atoms with Gasteiger partial charge in [0.25, 0.3) is 0 Å². The van der Waals surface area contributed by atoms with Crippen molar-refractivity contribution in [3.8, 4) is 0 Å². The number of hydrogen-bond donors (Lipinski definition) is 2. The topological polar surface area (TPSA) is 72.2 Å². The van der Waals surface area contributed by atoms with Crippen LogP contribution in [0.5, 0.6) is 0 Å². The molecule has 0 heterocycles. The Bertz CT molecular complexity index is 185. The Hall–Kier alpha value is -0.390. The van der Waals surface area contributed by atoms with Gasteiger partial charge < -0.3 is 0 Å². The summed E-state index contributed by atoms with van der Waals surface area (Å²) in [6, 6.07) is 0. The molecule has 0 aromatic carbocycles. The van der Waals surface area contributed by atoms with Gasteiger partial charge in [0, 0.05) is 0 Å². The van der Waals surface area contributed by atoms with Crippen molar-refractivity contribution in [1.29, 1.82) is 0 Å². The second kappa shape index (κ2) is 2.95. The molecule has 1 unspecified atom stereocenters. The first-order valence-electron chi connectivity index (χ1n) is 2.33. The maximum atomic E-state index is 10.4. The molecular weight excluding hydrogens is 140 g/mol. The molecule has 0 radical (unpaired) electrons. The summed E-state index contributed by atoms with van der Waals surface area (Å²) in [4.78, 5) is 0. The van der Waals surface area contributed by atoms with Crippen molar-refractivity contribution in [2.24, 2.45) is 5.14 Å². The maximum absolute atomic E-state index is 10.4. The second-order valence-corrected chi connectivity index (χ2v) is 3.22. The van der Waals surface area contributed by atoms with Crippen LogP contribution in [0.2, 0.25) is 0 Å². The molecule has 1 atom stereocenters. The van der Waals surface area contributed by atoms with E-state index in [1.165, 1.54) is 13.1 Å². The lowest BCUT2D eigenvalue weighted by Gasteiger charge is -2.06. The van der Waals surface area contributed by atoms with E-state index in [1.54, 1.807) is 0 Å². The van der Waals surface area contributed by atoms with Crippen molar-refractivity contribution in [3.63, 3.8) is 0 Å². The average molecular weight is 150 g/mol. The molecule has 0 aliphatic rings. The van der Waals surface area contributed by atoms with Crippen LogP contribution in [-0.4, -0.2) is 20.8 Å². The monoisotopic (exact) mass is 150 g/mol. The quantitative estimate of drug-likeness (QED) is 0.507. The SMILES string of the molecule is C=CC(NC)S(N)(=O)=O. The van der Waals surface area contributed by atoms with E-state index in [4.69, 9.17) is 5.14 Å². The molecule has 0 aliphatic heterocycles. The summed E-state index contributed by atoms with van der Waals surface area (Å²) in [7, 11) is -2.00. The molecule has 0 bridgehead atoms. The lowest BCUT2D eigenvalue weighted by molar-refractivity contribution is 0.582. The zero-order valence-corrected chi connectivity index (χ0v) is 5.98. The zero-order chi connectivity index (χ0) is 7.49. The molecule has 9 heavy (non-hydrogen) atoms. The van der Waals surface area contributed by atoms with Gasteiger partial charge in [-0.05, 0) is 7.05 Å². The minimum absolute atomic E-state index is 0.836. The number of hydrogen-bond acceptors (Lipinski definition) is 3. The van der Waals surface area contributed by atoms with Crippen molar-refractivity contribution in [2.45, 2.75) is 5.37 Å². The fourth-order valence-electron chi connectivity index (χ4n) is 0.416. The molecule has 0 rings (SSSR count). The van der Waals surface area contributed by atoms with Crippen molar-refractivity contribution >= 4 is 10.0 Å². The molecule has 0 fully saturated rings. The van der Waals surface area contributed by atoms with Gasteiger partial charge in [0.15, 0.2) is 0 Å². The molecule has 0 aliphatic carbocycles. The van der Waals surface area contributed by atoms with Crippen LogP contribution >= 0.6 is 0 Å². The van der Waals surface area contributed by atoms with Gasteiger partial charge in [-0.2, -0.15) is 0 Å². The maximum Gasteiger partial charge on any atom is 0.228 e. The molecule has 0 saturated heterocycles. The van der Waals surface area contributed by atoms with Crippen LogP contribution < -0.4 is 10.5 Å². The summed E-state index contributed by atoms with van der Waals surface area (Å²) in [6.07, 6.45) is 1.23. The van der Waals surface area contributed by atoms with Gasteiger partial charge in [0.05, 0.1) is 0 Å². The summed E-state index contributed by atoms with van der Waals surface area (Å²) >= 11 is 0. The van der Waals surface area contributed by atoms with Crippen LogP contribution in [-0.2, 0) is 10.0 Å². The smallest absolute Gasteiger partial charge is 0.228 e. The normalized spacial score (nSPS) is 14.9. The van der Waals surface area contributed by atoms with Gasteiger partial charge in [0.1, 0.15) is 5.37 Å². The number of rotatable bonds is 3. The summed E-state index contributed by atoms with van der Waals surface area (Å²) in [6.45, 7) is 3.28. The lowest BCUT2D eigenvalue weighted by atomic mass is 10.6. The molecule has 0 spiro atoms. The molecule has 0 aromatic heterocycles. The van der Waals surface area contributed by atoms with Crippen LogP contribution in [0, 0.1) is 0 Å². The highest BCUT2D eigenvalue weighted by Crippen LogP contribution is 1.89. The van der Waals surface area contributed by atoms with E-state index < -0.39 is 15.4 Å². The van der Waals surface area contributed by atoms with Gasteiger partial charge in [-0.1, -0.05) is 6.08 Å². The van der Waals surface area contributed by atoms with E-state index in [0.29, 0.717) is 0 Å². The molecule has 0 aromatic rings. The van der Waals surface area contributed by atoms with Crippen molar-refractivity contribution in [2.75, 3.05) is 7.05 Å². The minimum Gasteiger partial charge on any atom is -0.300 e. The molecule has 5 heteroatoms. The van der Waals surface area contributed by atoms with Gasteiger partial charge in [-0.3, -0.25) is 5.32 Å². The first-order valence-corrected chi connectivity index (χ1v) is 3.94. The summed E-state index contributed by atoms with van der Waals surface area (Å²) in [5.74, 6) is 0. The predicted octanol–water partition coefficient (Wildman–Crippen LogP) is -0.994. The van der Waals surface area contributed by atoms with Crippen molar-refractivity contribution < 1.29 is 8.42 Å². The molecule has 0 amide bonds. The Balaban J connectivity index is 4.32. The molecule has 54 valence electrons. The summed E-state index contributed by atoms with van der Waals surface area (Å²) < 4.78 is 20.9. The molecule has 3 N–H and O–H groups in total. The Labute approximate surface area is 54.8 Å². The van der Waals surface area contributed by atoms with E-state index >= 15 is 0 Å². The number of nitrogens with two attached hydrogens (primary N) is 1. The molecular formula is C4H10N2O2S. The van der Waals surface area contributed by atoms with Gasteiger partial charge in [0.2, 0.25) is 10.0 Å². The first kappa shape index (κ1) is 8.61. The van der Waals surface area contributed by atoms with Crippen molar-refractivity contribution in [1.82, 2.24) is 5.32 Å². The summed E-state index contributed by atoms with van der Waals surface area (Å²) in [5, 5.41) is 6.36. The highest BCUT2D eigenvalue weighted by atomic mass is 32.2. The Kier molecular flexibility index (Phi) is 2.83. The Morgan fingerprint density at radius 1 is 1.78 bits per heavy atom. The lowest BCUT2D eigenvalue weighted by Crippen LogP contribution is -2.36. The minimum atomic E-state index is -3.49. The van der Waals surface area contributed by atoms with Crippen LogP contribution in [0.1, 0.15) is 0 Å². The fraction of sp³-hybridized carbons (Fsp3) is 0.500. The van der Waals surface area contributed by atoms with Gasteiger partial charge in [-0.15, -0.1) is 6.58 Å². The Morgan fingerprint density at radius 2 is 2.22 bits per heavy atom. The summed E-state index contributed by atoms with van der Waals surface area (Å²) in [5.41, 5.74) is 0. The number of likely N-dealkylation sites (N-methyl/N-ethyl adjacent to an activating group) is 1. The van der Waals surface area contributed by atoms with E-state index in [0.717, 1.165) is 0 Å². The fourth-order valence-corrected chi connectivity index (χ4v) is 1.01. The third-order valence-electron chi connectivity index (χ3n) is 0.853. The Morgan fingerprint density at radius 3 is 2.22 bits per heavy atom. The third kappa shape index (κ3) is 2.59. The van der Waals surface area contributed by atoms with Crippen LogP contribution in [0.15, 0.2) is 12.7 Å². The van der Waals surface area contributed by atoms with Gasteiger partial charge >= 0.3 is 0 Å². The highest BCUT2D eigenvalue weighted by molar-refractivity contribution is 7.89. The first-order chi connectivity index (χ1) is 4.02. The number of primary sulfonamides is 1. The van der Waals surface area contributed by atoms with Crippen LogP contribution in [0.3, 0.4) is 0 Å². The average Bonchev–Trinajstić information content (AvgIpc) is 1.65. The third-order valence-corrected chi connectivity index (χ3v) is 1.99. The van der Waals surface area contributed by atoms with E-state index in [9.17, 15) is 8.42 Å². The van der Waals surface area contributed by atoms with Crippen molar-refractivity contribution in [3.05, 3.63) is 12.7 Å². The number of sulfonamides is 1. The van der Waals surface area contributed by atoms with E-state index in [-0.39, 0.29) is 0 Å². The van der Waals surface area contributed by atoms with Crippen LogP contribution in [0.25, 0.3) is 0 Å².